The molecule has 1 aliphatic rings. The molecule has 1 aliphatic carbocycles. The number of rotatable bonds is 8. The summed E-state index contributed by atoms with van der Waals surface area (Å²) < 4.78 is 24.9. The molecule has 0 aliphatic heterocycles. The summed E-state index contributed by atoms with van der Waals surface area (Å²) in [5.74, 6) is -0.137. The zero-order valence-corrected chi connectivity index (χ0v) is 16.2. The van der Waals surface area contributed by atoms with Crippen LogP contribution < -0.4 is 4.74 Å². The van der Waals surface area contributed by atoms with Gasteiger partial charge in [0.25, 0.3) is 0 Å². The van der Waals surface area contributed by atoms with E-state index in [-0.39, 0.29) is 18.5 Å². The van der Waals surface area contributed by atoms with Crippen LogP contribution in [0.4, 0.5) is 4.39 Å². The Balaban J connectivity index is 1.53. The second-order valence-electron chi connectivity index (χ2n) is 7.45. The molecular weight excluding hydrogens is 359 g/mol. The minimum Gasteiger partial charge on any atom is -0.490 e. The van der Waals surface area contributed by atoms with Crippen molar-refractivity contribution in [2.24, 2.45) is 0 Å². The smallest absolute Gasteiger partial charge is 0.329 e. The second-order valence-corrected chi connectivity index (χ2v) is 7.45. The van der Waals surface area contributed by atoms with E-state index in [2.05, 4.69) is 24.3 Å². The molecule has 2 aromatic carbocycles. The zero-order valence-electron chi connectivity index (χ0n) is 16.2. The van der Waals surface area contributed by atoms with Crippen LogP contribution in [0.5, 0.6) is 5.75 Å². The van der Waals surface area contributed by atoms with Crippen molar-refractivity contribution in [1.82, 2.24) is 0 Å². The van der Waals surface area contributed by atoms with Gasteiger partial charge in [-0.15, -0.1) is 0 Å². The van der Waals surface area contributed by atoms with E-state index in [4.69, 9.17) is 14.6 Å². The fraction of sp³-hybridized carbons (Fsp3) is 0.435. The molecule has 0 aromatic heterocycles. The summed E-state index contributed by atoms with van der Waals surface area (Å²) in [6.07, 6.45) is 4.94. The predicted octanol–water partition coefficient (Wildman–Crippen LogP) is 4.88. The minimum absolute atomic E-state index is 0.102. The van der Waals surface area contributed by atoms with Crippen molar-refractivity contribution in [3.05, 3.63) is 65.0 Å². The molecule has 0 bridgehead atoms. The molecule has 1 saturated carbocycles. The molecule has 1 N–H and O–H groups in total. The van der Waals surface area contributed by atoms with E-state index in [0.29, 0.717) is 30.3 Å². The Hall–Kier alpha value is -2.40. The van der Waals surface area contributed by atoms with Crippen LogP contribution in [0, 0.1) is 12.7 Å². The van der Waals surface area contributed by atoms with Crippen LogP contribution in [0.3, 0.4) is 0 Å². The number of carbonyl (C=O) groups is 1. The maximum Gasteiger partial charge on any atom is 0.329 e. The standard InChI is InChI=1S/C23H27FO4/c1-16-5-10-21(14-22(16)24)28-20-4-2-3-19(13-20)18-8-6-17(7-9-18)11-12-27-15-23(25)26/h5-10,14,19-20H,2-4,11-13,15H2,1H3,(H,25,26). The van der Waals surface area contributed by atoms with Crippen LogP contribution in [0.2, 0.25) is 0 Å². The molecule has 0 amide bonds. The number of aliphatic carboxylic acids is 1. The minimum atomic E-state index is -0.946. The number of hydrogen-bond acceptors (Lipinski definition) is 3. The summed E-state index contributed by atoms with van der Waals surface area (Å²) in [5, 5.41) is 8.58. The van der Waals surface area contributed by atoms with Gasteiger partial charge < -0.3 is 14.6 Å². The first kappa shape index (κ1) is 20.3. The monoisotopic (exact) mass is 386 g/mol. The Morgan fingerprint density at radius 1 is 1.18 bits per heavy atom. The lowest BCUT2D eigenvalue weighted by atomic mass is 9.82. The molecule has 2 unspecified atom stereocenters. The van der Waals surface area contributed by atoms with E-state index in [1.807, 2.05) is 6.07 Å². The van der Waals surface area contributed by atoms with Crippen molar-refractivity contribution in [3.8, 4) is 5.75 Å². The second kappa shape index (κ2) is 9.69. The third-order valence-electron chi connectivity index (χ3n) is 5.28. The van der Waals surface area contributed by atoms with Gasteiger partial charge in [-0.25, -0.2) is 9.18 Å². The summed E-state index contributed by atoms with van der Waals surface area (Å²) in [5.41, 5.74) is 3.05. The Morgan fingerprint density at radius 2 is 1.96 bits per heavy atom. The number of ether oxygens (including phenoxy) is 2. The van der Waals surface area contributed by atoms with Gasteiger partial charge in [0, 0.05) is 6.07 Å². The largest absolute Gasteiger partial charge is 0.490 e. The lowest BCUT2D eigenvalue weighted by molar-refractivity contribution is -0.142. The average molecular weight is 386 g/mol. The SMILES string of the molecule is Cc1ccc(OC2CCCC(c3ccc(CCOCC(=O)O)cc3)C2)cc1F. The van der Waals surface area contributed by atoms with Crippen molar-refractivity contribution >= 4 is 5.97 Å². The number of benzene rings is 2. The molecule has 150 valence electrons. The van der Waals surface area contributed by atoms with Gasteiger partial charge >= 0.3 is 5.97 Å². The highest BCUT2D eigenvalue weighted by molar-refractivity contribution is 5.67. The highest BCUT2D eigenvalue weighted by Crippen LogP contribution is 2.35. The van der Waals surface area contributed by atoms with Gasteiger partial charge in [0.1, 0.15) is 18.2 Å². The maximum absolute atomic E-state index is 13.7. The summed E-state index contributed by atoms with van der Waals surface area (Å²) in [6.45, 7) is 1.89. The van der Waals surface area contributed by atoms with Crippen molar-refractivity contribution in [1.29, 1.82) is 0 Å². The fourth-order valence-electron chi connectivity index (χ4n) is 3.70. The molecule has 4 nitrogen and oxygen atoms in total. The van der Waals surface area contributed by atoms with E-state index in [1.54, 1.807) is 13.0 Å². The molecule has 2 aromatic rings. The van der Waals surface area contributed by atoms with Gasteiger partial charge in [0.15, 0.2) is 0 Å². The fourth-order valence-corrected chi connectivity index (χ4v) is 3.70. The number of hydrogen-bond donors (Lipinski definition) is 1. The first-order valence-corrected chi connectivity index (χ1v) is 9.82. The Labute approximate surface area is 165 Å². The summed E-state index contributed by atoms with van der Waals surface area (Å²) in [4.78, 5) is 10.4. The molecular formula is C23H27FO4. The topological polar surface area (TPSA) is 55.8 Å². The van der Waals surface area contributed by atoms with E-state index in [0.717, 1.165) is 31.2 Å². The first-order chi connectivity index (χ1) is 13.5. The van der Waals surface area contributed by atoms with Crippen LogP contribution in [-0.4, -0.2) is 30.4 Å². The van der Waals surface area contributed by atoms with Crippen LogP contribution in [0.15, 0.2) is 42.5 Å². The van der Waals surface area contributed by atoms with E-state index < -0.39 is 5.97 Å². The summed E-state index contributed by atoms with van der Waals surface area (Å²) >= 11 is 0. The summed E-state index contributed by atoms with van der Waals surface area (Å²) in [6, 6.07) is 13.5. The molecule has 5 heteroatoms. The van der Waals surface area contributed by atoms with Crippen molar-refractivity contribution in [2.45, 2.75) is 51.0 Å². The third-order valence-corrected chi connectivity index (χ3v) is 5.28. The van der Waals surface area contributed by atoms with Crippen LogP contribution in [0.25, 0.3) is 0 Å². The molecule has 0 radical (unpaired) electrons. The molecule has 1 fully saturated rings. The van der Waals surface area contributed by atoms with Crippen molar-refractivity contribution < 1.29 is 23.8 Å². The normalized spacial score (nSPS) is 19.4. The summed E-state index contributed by atoms with van der Waals surface area (Å²) in [7, 11) is 0. The number of halogens is 1. The Kier molecular flexibility index (Phi) is 7.04. The third kappa shape index (κ3) is 5.80. The quantitative estimate of drug-likeness (QED) is 0.657. The number of carboxylic acid groups (broad SMARTS) is 1. The molecule has 2 atom stereocenters. The Bertz CT molecular complexity index is 788. The first-order valence-electron chi connectivity index (χ1n) is 9.82. The van der Waals surface area contributed by atoms with E-state index >= 15 is 0 Å². The van der Waals surface area contributed by atoms with Gasteiger partial charge in [-0.05, 0) is 67.7 Å². The number of carboxylic acids is 1. The molecule has 0 spiro atoms. The molecule has 28 heavy (non-hydrogen) atoms. The zero-order chi connectivity index (χ0) is 19.9. The van der Waals surface area contributed by atoms with Gasteiger partial charge in [0.05, 0.1) is 12.7 Å². The van der Waals surface area contributed by atoms with Gasteiger partial charge in [-0.2, -0.15) is 0 Å². The van der Waals surface area contributed by atoms with E-state index in [1.165, 1.54) is 11.6 Å². The molecule has 0 saturated heterocycles. The molecule has 0 heterocycles. The van der Waals surface area contributed by atoms with Crippen molar-refractivity contribution in [3.63, 3.8) is 0 Å². The van der Waals surface area contributed by atoms with E-state index in [9.17, 15) is 9.18 Å². The van der Waals surface area contributed by atoms with Crippen molar-refractivity contribution in [2.75, 3.05) is 13.2 Å². The van der Waals surface area contributed by atoms with Crippen LogP contribution in [0.1, 0.15) is 48.3 Å². The number of aryl methyl sites for hydroxylation is 1. The van der Waals surface area contributed by atoms with Gasteiger partial charge in [-0.1, -0.05) is 30.3 Å². The van der Waals surface area contributed by atoms with Crippen LogP contribution in [-0.2, 0) is 16.0 Å². The Morgan fingerprint density at radius 3 is 2.68 bits per heavy atom. The highest BCUT2D eigenvalue weighted by Gasteiger charge is 2.24. The molecule has 3 rings (SSSR count). The van der Waals surface area contributed by atoms with Crippen LogP contribution >= 0.6 is 0 Å². The van der Waals surface area contributed by atoms with Gasteiger partial charge in [-0.3, -0.25) is 0 Å². The predicted molar refractivity (Wildman–Crippen MR) is 105 cm³/mol. The lowest BCUT2D eigenvalue weighted by Crippen LogP contribution is -2.24. The maximum atomic E-state index is 13.7. The van der Waals surface area contributed by atoms with Gasteiger partial charge in [0.2, 0.25) is 0 Å². The highest BCUT2D eigenvalue weighted by atomic mass is 19.1. The average Bonchev–Trinajstić information content (AvgIpc) is 2.69. The lowest BCUT2D eigenvalue weighted by Gasteiger charge is -2.30.